The van der Waals surface area contributed by atoms with E-state index in [0.29, 0.717) is 12.1 Å². The largest absolute Gasteiger partial charge is 0.452 e. The van der Waals surface area contributed by atoms with Gasteiger partial charge in [-0.2, -0.15) is 8.78 Å². The summed E-state index contributed by atoms with van der Waals surface area (Å²) in [4.78, 5) is 12.5. The van der Waals surface area contributed by atoms with Crippen molar-refractivity contribution in [2.75, 3.05) is 14.2 Å². The molecule has 0 spiro atoms. The molecule has 1 amide bonds. The molecule has 104 valence electrons. The zero-order valence-electron chi connectivity index (χ0n) is 10.7. The Hall–Kier alpha value is -2.11. The third-order valence-corrected chi connectivity index (χ3v) is 2.48. The number of carbonyl (C=O) groups excluding carboxylic acids is 1. The molecule has 19 heavy (non-hydrogen) atoms. The summed E-state index contributed by atoms with van der Waals surface area (Å²) in [6.45, 7) is 0.922. The van der Waals surface area contributed by atoms with Gasteiger partial charge in [-0.1, -0.05) is 18.7 Å². The van der Waals surface area contributed by atoms with E-state index in [1.54, 1.807) is 19.2 Å². The van der Waals surface area contributed by atoms with E-state index in [1.807, 2.05) is 0 Å². The molecule has 0 aromatic heterocycles. The fraction of sp³-hybridized carbons (Fsp3) is 0.308. The lowest BCUT2D eigenvalue weighted by Crippen LogP contribution is -2.26. The number of alkyl halides is 2. The standard InChI is InChI=1S/C13H15F2NO3/c1-9(16(2)13(17)18-3)8-10-4-6-11(7-5-10)19-12(14)15/h4-7,12H,1,8H2,2-3H3. The molecule has 0 atom stereocenters. The van der Waals surface area contributed by atoms with Crippen molar-refractivity contribution in [1.82, 2.24) is 4.90 Å². The zero-order valence-corrected chi connectivity index (χ0v) is 10.7. The van der Waals surface area contributed by atoms with Crippen LogP contribution in [-0.4, -0.2) is 31.8 Å². The lowest BCUT2D eigenvalue weighted by molar-refractivity contribution is -0.0498. The summed E-state index contributed by atoms with van der Waals surface area (Å²) in [5.74, 6) is 0.0886. The molecule has 0 radical (unpaired) electrons. The number of amides is 1. The molecule has 0 saturated carbocycles. The minimum atomic E-state index is -2.84. The van der Waals surface area contributed by atoms with Crippen molar-refractivity contribution in [1.29, 1.82) is 0 Å². The van der Waals surface area contributed by atoms with Gasteiger partial charge in [0.15, 0.2) is 0 Å². The van der Waals surface area contributed by atoms with Crippen molar-refractivity contribution in [3.8, 4) is 5.75 Å². The Morgan fingerprint density at radius 3 is 2.42 bits per heavy atom. The minimum Gasteiger partial charge on any atom is -0.452 e. The van der Waals surface area contributed by atoms with E-state index in [0.717, 1.165) is 5.56 Å². The van der Waals surface area contributed by atoms with Crippen LogP contribution in [-0.2, 0) is 11.2 Å². The number of hydrogen-bond donors (Lipinski definition) is 0. The van der Waals surface area contributed by atoms with Crippen molar-refractivity contribution in [2.24, 2.45) is 0 Å². The molecule has 0 N–H and O–H groups in total. The van der Waals surface area contributed by atoms with E-state index in [-0.39, 0.29) is 5.75 Å². The normalized spacial score (nSPS) is 10.2. The lowest BCUT2D eigenvalue weighted by Gasteiger charge is -2.18. The smallest absolute Gasteiger partial charge is 0.413 e. The molecule has 4 nitrogen and oxygen atoms in total. The number of hydrogen-bond acceptors (Lipinski definition) is 3. The van der Waals surface area contributed by atoms with Gasteiger partial charge in [0.05, 0.1) is 7.11 Å². The van der Waals surface area contributed by atoms with Crippen LogP contribution in [0.1, 0.15) is 5.56 Å². The van der Waals surface area contributed by atoms with Crippen LogP contribution in [0.5, 0.6) is 5.75 Å². The first-order valence-electron chi connectivity index (χ1n) is 5.47. The summed E-state index contributed by atoms with van der Waals surface area (Å²) in [6.07, 6.45) is -0.108. The van der Waals surface area contributed by atoms with E-state index < -0.39 is 12.7 Å². The summed E-state index contributed by atoms with van der Waals surface area (Å²) in [5.41, 5.74) is 1.36. The molecule has 1 rings (SSSR count). The summed E-state index contributed by atoms with van der Waals surface area (Å²) < 4.78 is 32.7. The molecule has 0 aliphatic carbocycles. The number of rotatable bonds is 5. The van der Waals surface area contributed by atoms with Gasteiger partial charge in [0.25, 0.3) is 0 Å². The number of nitrogens with zero attached hydrogens (tertiary/aromatic N) is 1. The van der Waals surface area contributed by atoms with Gasteiger partial charge in [0.2, 0.25) is 0 Å². The zero-order chi connectivity index (χ0) is 14.4. The van der Waals surface area contributed by atoms with Gasteiger partial charge < -0.3 is 9.47 Å². The Balaban J connectivity index is 2.62. The van der Waals surface area contributed by atoms with Crippen molar-refractivity contribution in [3.63, 3.8) is 0 Å². The first kappa shape index (κ1) is 14.9. The van der Waals surface area contributed by atoms with Crippen LogP contribution in [0, 0.1) is 0 Å². The first-order chi connectivity index (χ1) is 8.93. The topological polar surface area (TPSA) is 38.8 Å². The maximum absolute atomic E-state index is 12.0. The van der Waals surface area contributed by atoms with Crippen molar-refractivity contribution in [3.05, 3.63) is 42.1 Å². The predicted octanol–water partition coefficient (Wildman–Crippen LogP) is 3.04. The Bertz CT molecular complexity index is 446. The first-order valence-corrected chi connectivity index (χ1v) is 5.47. The van der Waals surface area contributed by atoms with Gasteiger partial charge in [0.1, 0.15) is 5.75 Å². The average Bonchev–Trinajstić information content (AvgIpc) is 2.38. The number of halogens is 2. The van der Waals surface area contributed by atoms with Gasteiger partial charge >= 0.3 is 12.7 Å². The molecule has 0 unspecified atom stereocenters. The van der Waals surface area contributed by atoms with E-state index in [1.165, 1.54) is 24.1 Å². The van der Waals surface area contributed by atoms with Crippen molar-refractivity contribution < 1.29 is 23.0 Å². The monoisotopic (exact) mass is 271 g/mol. The molecule has 1 aromatic carbocycles. The Labute approximate surface area is 110 Å². The maximum Gasteiger partial charge on any atom is 0.413 e. The van der Waals surface area contributed by atoms with Crippen molar-refractivity contribution >= 4 is 6.09 Å². The van der Waals surface area contributed by atoms with Gasteiger partial charge in [-0.3, -0.25) is 4.90 Å². The second kappa shape index (κ2) is 6.72. The predicted molar refractivity (Wildman–Crippen MR) is 66.1 cm³/mol. The van der Waals surface area contributed by atoms with Gasteiger partial charge in [-0.25, -0.2) is 4.79 Å². The van der Waals surface area contributed by atoms with Gasteiger partial charge in [-0.15, -0.1) is 0 Å². The molecular weight excluding hydrogens is 256 g/mol. The molecular formula is C13H15F2NO3. The molecule has 0 heterocycles. The molecule has 6 heteroatoms. The van der Waals surface area contributed by atoms with Crippen LogP contribution < -0.4 is 4.74 Å². The van der Waals surface area contributed by atoms with E-state index >= 15 is 0 Å². The lowest BCUT2D eigenvalue weighted by atomic mass is 10.1. The third kappa shape index (κ3) is 4.57. The average molecular weight is 271 g/mol. The number of carbonyl (C=O) groups is 1. The van der Waals surface area contributed by atoms with E-state index in [4.69, 9.17) is 0 Å². The Morgan fingerprint density at radius 2 is 1.95 bits per heavy atom. The SMILES string of the molecule is C=C(Cc1ccc(OC(F)F)cc1)N(C)C(=O)OC. The van der Waals surface area contributed by atoms with Crippen molar-refractivity contribution in [2.45, 2.75) is 13.0 Å². The Kier molecular flexibility index (Phi) is 5.29. The van der Waals surface area contributed by atoms with Gasteiger partial charge in [0, 0.05) is 19.2 Å². The van der Waals surface area contributed by atoms with E-state index in [9.17, 15) is 13.6 Å². The van der Waals surface area contributed by atoms with Crippen LogP contribution in [0.4, 0.5) is 13.6 Å². The number of methoxy groups -OCH3 is 1. The third-order valence-electron chi connectivity index (χ3n) is 2.48. The summed E-state index contributed by atoms with van der Waals surface area (Å²) in [5, 5.41) is 0. The summed E-state index contributed by atoms with van der Waals surface area (Å²) in [6, 6.07) is 6.14. The van der Waals surface area contributed by atoms with Crippen LogP contribution in [0.2, 0.25) is 0 Å². The minimum absolute atomic E-state index is 0.0886. The number of benzene rings is 1. The van der Waals surface area contributed by atoms with E-state index in [2.05, 4.69) is 16.1 Å². The highest BCUT2D eigenvalue weighted by molar-refractivity contribution is 5.69. The molecule has 0 bridgehead atoms. The number of likely N-dealkylation sites (N-methyl/N-ethyl adjacent to an activating group) is 1. The fourth-order valence-electron chi connectivity index (χ4n) is 1.41. The molecule has 0 aliphatic rings. The maximum atomic E-state index is 12.0. The molecule has 0 saturated heterocycles. The summed E-state index contributed by atoms with van der Waals surface area (Å²) in [7, 11) is 2.82. The van der Waals surface area contributed by atoms with Crippen LogP contribution >= 0.6 is 0 Å². The highest BCUT2D eigenvalue weighted by Gasteiger charge is 2.12. The second-order valence-electron chi connectivity index (χ2n) is 3.79. The van der Waals surface area contributed by atoms with Crippen LogP contribution in [0.25, 0.3) is 0 Å². The highest BCUT2D eigenvalue weighted by atomic mass is 19.3. The number of allylic oxidation sites excluding steroid dienone is 1. The van der Waals surface area contributed by atoms with Gasteiger partial charge in [-0.05, 0) is 17.7 Å². The van der Waals surface area contributed by atoms with Crippen LogP contribution in [0.3, 0.4) is 0 Å². The summed E-state index contributed by atoms with van der Waals surface area (Å²) >= 11 is 0. The molecule has 0 fully saturated rings. The quantitative estimate of drug-likeness (QED) is 0.826. The highest BCUT2D eigenvalue weighted by Crippen LogP contribution is 2.17. The molecule has 1 aromatic rings. The fourth-order valence-corrected chi connectivity index (χ4v) is 1.41. The number of ether oxygens (including phenoxy) is 2. The molecule has 0 aliphatic heterocycles. The van der Waals surface area contributed by atoms with Crippen LogP contribution in [0.15, 0.2) is 36.5 Å². The second-order valence-corrected chi connectivity index (χ2v) is 3.79. The Morgan fingerprint density at radius 1 is 1.37 bits per heavy atom.